The average Bonchev–Trinajstić information content (AvgIpc) is 3.23. The summed E-state index contributed by atoms with van der Waals surface area (Å²) >= 11 is 0. The molecule has 0 saturated carbocycles. The molecule has 3 aromatic rings. The smallest absolute Gasteiger partial charge is 0.251 e. The Bertz CT molecular complexity index is 1030. The highest BCUT2D eigenvalue weighted by Gasteiger charge is 2.20. The molecule has 0 spiro atoms. The Kier molecular flexibility index (Phi) is 7.75. The van der Waals surface area contributed by atoms with Gasteiger partial charge in [-0.1, -0.05) is 18.2 Å². The fourth-order valence-electron chi connectivity index (χ4n) is 4.00. The van der Waals surface area contributed by atoms with Gasteiger partial charge in [-0.25, -0.2) is 4.98 Å². The summed E-state index contributed by atoms with van der Waals surface area (Å²) in [5.41, 5.74) is 3.74. The lowest BCUT2D eigenvalue weighted by Crippen LogP contribution is -2.46. The van der Waals surface area contributed by atoms with Crippen LogP contribution in [0.5, 0.6) is 0 Å². The van der Waals surface area contributed by atoms with E-state index in [1.165, 1.54) is 5.69 Å². The first-order chi connectivity index (χ1) is 16.1. The quantitative estimate of drug-likeness (QED) is 0.503. The molecule has 2 aromatic carbocycles. The second-order valence-corrected chi connectivity index (χ2v) is 8.30. The van der Waals surface area contributed by atoms with Crippen LogP contribution >= 0.6 is 0 Å². The summed E-state index contributed by atoms with van der Waals surface area (Å²) in [4.78, 5) is 21.9. The molecule has 0 bridgehead atoms. The number of carbonyl (C=O) groups is 1. The van der Waals surface area contributed by atoms with Crippen molar-refractivity contribution in [3.05, 3.63) is 71.6 Å². The molecule has 7 nitrogen and oxygen atoms in total. The lowest BCUT2D eigenvalue weighted by molar-refractivity contribution is 0.0948. The summed E-state index contributed by atoms with van der Waals surface area (Å²) in [7, 11) is 1.66. The maximum absolute atomic E-state index is 12.2. The highest BCUT2D eigenvalue weighted by atomic mass is 16.5. The summed E-state index contributed by atoms with van der Waals surface area (Å²) in [5.74, 6) is 1.35. The number of aromatic nitrogens is 1. The van der Waals surface area contributed by atoms with E-state index in [9.17, 15) is 4.79 Å². The molecule has 1 N–H and O–H groups in total. The molecule has 1 aliphatic heterocycles. The lowest BCUT2D eigenvalue weighted by atomic mass is 10.1. The second-order valence-electron chi connectivity index (χ2n) is 8.30. The van der Waals surface area contributed by atoms with E-state index in [1.807, 2.05) is 31.2 Å². The van der Waals surface area contributed by atoms with Crippen molar-refractivity contribution in [1.82, 2.24) is 15.2 Å². The van der Waals surface area contributed by atoms with E-state index in [-0.39, 0.29) is 5.91 Å². The first kappa shape index (κ1) is 23.0. The summed E-state index contributed by atoms with van der Waals surface area (Å²) < 4.78 is 11.0. The number of rotatable bonds is 9. The van der Waals surface area contributed by atoms with E-state index in [1.54, 1.807) is 7.11 Å². The number of ether oxygens (including phenoxy) is 1. The number of nitrogens with one attached hydrogen (secondary N) is 1. The zero-order valence-electron chi connectivity index (χ0n) is 19.4. The van der Waals surface area contributed by atoms with Crippen molar-refractivity contribution in [2.24, 2.45) is 0 Å². The van der Waals surface area contributed by atoms with Gasteiger partial charge in [-0.2, -0.15) is 0 Å². The molecule has 2 heterocycles. The fourth-order valence-corrected chi connectivity index (χ4v) is 4.00. The van der Waals surface area contributed by atoms with Gasteiger partial charge in [0.25, 0.3) is 5.91 Å². The number of aryl methyl sites for hydroxylation is 1. The highest BCUT2D eigenvalue weighted by Crippen LogP contribution is 2.24. The van der Waals surface area contributed by atoms with Crippen molar-refractivity contribution >= 4 is 11.6 Å². The molecule has 0 atom stereocenters. The van der Waals surface area contributed by atoms with Gasteiger partial charge in [-0.05, 0) is 49.7 Å². The van der Waals surface area contributed by atoms with Gasteiger partial charge in [0.2, 0.25) is 5.89 Å². The maximum Gasteiger partial charge on any atom is 0.251 e. The molecule has 0 radical (unpaired) electrons. The third-order valence-corrected chi connectivity index (χ3v) is 5.96. The van der Waals surface area contributed by atoms with E-state index < -0.39 is 0 Å². The van der Waals surface area contributed by atoms with Crippen molar-refractivity contribution in [3.63, 3.8) is 0 Å². The zero-order chi connectivity index (χ0) is 23.0. The molecular formula is C26H32N4O3. The lowest BCUT2D eigenvalue weighted by Gasteiger charge is -2.35. The van der Waals surface area contributed by atoms with Gasteiger partial charge >= 0.3 is 0 Å². The first-order valence-electron chi connectivity index (χ1n) is 11.5. The third kappa shape index (κ3) is 6.00. The molecular weight excluding hydrogens is 416 g/mol. The van der Waals surface area contributed by atoms with Gasteiger partial charge in [-0.15, -0.1) is 0 Å². The molecule has 1 fully saturated rings. The SMILES string of the molecule is COCCCNC(=O)c1ccc(-c2nc(CN3CCN(c4ccccc4)CC3)c(C)o2)cc1. The Morgan fingerprint density at radius 1 is 1.06 bits per heavy atom. The van der Waals surface area contributed by atoms with Crippen LogP contribution in [0.3, 0.4) is 0 Å². The van der Waals surface area contributed by atoms with Gasteiger partial charge in [0.05, 0.1) is 5.69 Å². The number of para-hydroxylation sites is 1. The summed E-state index contributed by atoms with van der Waals surface area (Å²) in [6.45, 7) is 7.96. The number of anilines is 1. The van der Waals surface area contributed by atoms with E-state index >= 15 is 0 Å². The van der Waals surface area contributed by atoms with Crippen LogP contribution in [0.25, 0.3) is 11.5 Å². The Hall–Kier alpha value is -3.16. The third-order valence-electron chi connectivity index (χ3n) is 5.96. The summed E-state index contributed by atoms with van der Waals surface area (Å²) in [6, 6.07) is 18.0. The predicted molar refractivity (Wildman–Crippen MR) is 129 cm³/mol. The van der Waals surface area contributed by atoms with Crippen LogP contribution in [0.1, 0.15) is 28.2 Å². The molecule has 0 unspecified atom stereocenters. The van der Waals surface area contributed by atoms with Crippen molar-refractivity contribution < 1.29 is 13.9 Å². The monoisotopic (exact) mass is 448 g/mol. The van der Waals surface area contributed by atoms with Crippen molar-refractivity contribution in [2.45, 2.75) is 19.9 Å². The number of piperazine rings is 1. The van der Waals surface area contributed by atoms with E-state index in [4.69, 9.17) is 14.1 Å². The Morgan fingerprint density at radius 2 is 1.79 bits per heavy atom. The number of hydrogen-bond acceptors (Lipinski definition) is 6. The van der Waals surface area contributed by atoms with Crippen LogP contribution in [0.2, 0.25) is 0 Å². The molecule has 1 aliphatic rings. The Labute approximate surface area is 195 Å². The number of oxazole rings is 1. The van der Waals surface area contributed by atoms with Crippen LogP contribution in [0.15, 0.2) is 59.0 Å². The van der Waals surface area contributed by atoms with Crippen molar-refractivity contribution in [3.8, 4) is 11.5 Å². The number of amides is 1. The molecule has 1 aromatic heterocycles. The van der Waals surface area contributed by atoms with E-state index in [2.05, 4.69) is 45.4 Å². The molecule has 1 amide bonds. The van der Waals surface area contributed by atoms with Crippen molar-refractivity contribution in [1.29, 1.82) is 0 Å². The number of hydrogen-bond donors (Lipinski definition) is 1. The molecule has 33 heavy (non-hydrogen) atoms. The Morgan fingerprint density at radius 3 is 2.48 bits per heavy atom. The summed E-state index contributed by atoms with van der Waals surface area (Å²) in [6.07, 6.45) is 0.792. The van der Waals surface area contributed by atoms with Gasteiger partial charge < -0.3 is 19.4 Å². The molecule has 174 valence electrons. The predicted octanol–water partition coefficient (Wildman–Crippen LogP) is 3.74. The van der Waals surface area contributed by atoms with E-state index in [0.29, 0.717) is 24.6 Å². The van der Waals surface area contributed by atoms with Crippen molar-refractivity contribution in [2.75, 3.05) is 51.3 Å². The van der Waals surface area contributed by atoms with E-state index in [0.717, 1.165) is 56.2 Å². The zero-order valence-corrected chi connectivity index (χ0v) is 19.4. The largest absolute Gasteiger partial charge is 0.441 e. The minimum absolute atomic E-state index is 0.0865. The van der Waals surface area contributed by atoms with Crippen LogP contribution in [0.4, 0.5) is 5.69 Å². The number of carbonyl (C=O) groups excluding carboxylic acids is 1. The Balaban J connectivity index is 1.32. The molecule has 7 heteroatoms. The van der Waals surface area contributed by atoms with Gasteiger partial charge in [-0.3, -0.25) is 9.69 Å². The van der Waals surface area contributed by atoms with Gasteiger partial charge in [0.1, 0.15) is 5.76 Å². The topological polar surface area (TPSA) is 70.8 Å². The number of methoxy groups -OCH3 is 1. The average molecular weight is 449 g/mol. The second kappa shape index (κ2) is 11.1. The molecule has 0 aliphatic carbocycles. The summed E-state index contributed by atoms with van der Waals surface area (Å²) in [5, 5.41) is 2.90. The first-order valence-corrected chi connectivity index (χ1v) is 11.5. The standard InChI is InChI=1S/C26H32N4O3/c1-20-24(19-29-14-16-30(17-15-29)23-7-4-3-5-8-23)28-26(33-20)22-11-9-21(10-12-22)25(31)27-13-6-18-32-2/h3-5,7-12H,6,13-19H2,1-2H3,(H,27,31). The maximum atomic E-state index is 12.2. The normalized spacial score (nSPS) is 14.4. The number of nitrogens with zero attached hydrogens (tertiary/aromatic N) is 3. The minimum Gasteiger partial charge on any atom is -0.441 e. The molecule has 4 rings (SSSR count). The van der Waals surface area contributed by atoms with Gasteiger partial charge in [0.15, 0.2) is 0 Å². The van der Waals surface area contributed by atoms with Crippen LogP contribution in [-0.2, 0) is 11.3 Å². The highest BCUT2D eigenvalue weighted by molar-refractivity contribution is 5.94. The number of benzene rings is 2. The van der Waals surface area contributed by atoms with Gasteiger partial charge in [0, 0.05) is 69.8 Å². The fraction of sp³-hybridized carbons (Fsp3) is 0.385. The van der Waals surface area contributed by atoms with Crippen LogP contribution in [0, 0.1) is 6.92 Å². The molecule has 1 saturated heterocycles. The minimum atomic E-state index is -0.0865. The van der Waals surface area contributed by atoms with Crippen LogP contribution < -0.4 is 10.2 Å². The van der Waals surface area contributed by atoms with Crippen LogP contribution in [-0.4, -0.2) is 62.2 Å².